The van der Waals surface area contributed by atoms with Gasteiger partial charge in [-0.2, -0.15) is 0 Å². The zero-order valence-electron chi connectivity index (χ0n) is 15.2. The molecule has 0 aliphatic carbocycles. The molecule has 2 heterocycles. The summed E-state index contributed by atoms with van der Waals surface area (Å²) >= 11 is 0. The summed E-state index contributed by atoms with van der Waals surface area (Å²) in [5, 5.41) is 3.33. The number of unbranched alkanes of at least 4 members (excludes halogenated alkanes) is 1. The highest BCUT2D eigenvalue weighted by Gasteiger charge is 2.19. The van der Waals surface area contributed by atoms with Crippen molar-refractivity contribution in [3.05, 3.63) is 36.2 Å². The second-order valence-electron chi connectivity index (χ2n) is 6.68. The van der Waals surface area contributed by atoms with Crippen molar-refractivity contribution in [2.45, 2.75) is 26.2 Å². The number of likely N-dealkylation sites (N-methyl/N-ethyl adjacent to an activating group) is 1. The number of nitrogens with zero attached hydrogens (tertiary/aromatic N) is 4. The van der Waals surface area contributed by atoms with Gasteiger partial charge in [-0.3, -0.25) is 0 Å². The molecule has 6 nitrogen and oxygen atoms in total. The highest BCUT2D eigenvalue weighted by Crippen LogP contribution is 2.29. The van der Waals surface area contributed by atoms with Crippen molar-refractivity contribution in [3.8, 4) is 0 Å². The Kier molecular flexibility index (Phi) is 5.71. The molecule has 134 valence electrons. The first-order valence-corrected chi connectivity index (χ1v) is 9.07. The van der Waals surface area contributed by atoms with E-state index in [4.69, 9.17) is 5.73 Å². The maximum Gasteiger partial charge on any atom is 0.159 e. The van der Waals surface area contributed by atoms with Crippen molar-refractivity contribution in [1.82, 2.24) is 14.9 Å². The van der Waals surface area contributed by atoms with E-state index in [9.17, 15) is 0 Å². The summed E-state index contributed by atoms with van der Waals surface area (Å²) in [6.07, 6.45) is 5.15. The second kappa shape index (κ2) is 8.16. The van der Waals surface area contributed by atoms with Gasteiger partial charge < -0.3 is 20.9 Å². The lowest BCUT2D eigenvalue weighted by Gasteiger charge is -2.33. The fourth-order valence-corrected chi connectivity index (χ4v) is 3.03. The fraction of sp³-hybridized carbons (Fsp3) is 0.474. The molecule has 0 radical (unpaired) electrons. The molecule has 1 aromatic heterocycles. The van der Waals surface area contributed by atoms with E-state index in [0.717, 1.165) is 44.1 Å². The Labute approximate surface area is 150 Å². The van der Waals surface area contributed by atoms with Gasteiger partial charge in [0.25, 0.3) is 0 Å². The van der Waals surface area contributed by atoms with E-state index >= 15 is 0 Å². The third kappa shape index (κ3) is 4.39. The number of nitrogens with one attached hydrogen (secondary N) is 1. The van der Waals surface area contributed by atoms with Crippen LogP contribution in [0, 0.1) is 0 Å². The number of nitrogen functional groups attached to an aromatic ring is 1. The lowest BCUT2D eigenvalue weighted by atomic mass is 10.1. The molecule has 0 amide bonds. The summed E-state index contributed by atoms with van der Waals surface area (Å²) in [4.78, 5) is 13.3. The Hall–Kier alpha value is -2.34. The van der Waals surface area contributed by atoms with Crippen LogP contribution in [0.5, 0.6) is 0 Å². The van der Waals surface area contributed by atoms with Crippen LogP contribution in [0.3, 0.4) is 0 Å². The summed E-state index contributed by atoms with van der Waals surface area (Å²) in [5.41, 5.74) is 9.32. The monoisotopic (exact) mass is 340 g/mol. The molecule has 2 aromatic rings. The number of nitrogens with two attached hydrogens (primary N) is 1. The van der Waals surface area contributed by atoms with Crippen molar-refractivity contribution >= 4 is 23.0 Å². The van der Waals surface area contributed by atoms with Gasteiger partial charge in [0.2, 0.25) is 0 Å². The molecule has 6 heteroatoms. The maximum absolute atomic E-state index is 6.35. The van der Waals surface area contributed by atoms with Crippen molar-refractivity contribution < 1.29 is 0 Å². The maximum atomic E-state index is 6.35. The van der Waals surface area contributed by atoms with Crippen LogP contribution in [0.25, 0.3) is 0 Å². The predicted octanol–water partition coefficient (Wildman–Crippen LogP) is 2.90. The molecule has 0 bridgehead atoms. The Balaban J connectivity index is 1.71. The quantitative estimate of drug-likeness (QED) is 0.842. The predicted molar refractivity (Wildman–Crippen MR) is 104 cm³/mol. The number of piperazine rings is 1. The Morgan fingerprint density at radius 2 is 1.80 bits per heavy atom. The number of aromatic nitrogens is 2. The third-order valence-electron chi connectivity index (χ3n) is 4.70. The van der Waals surface area contributed by atoms with Gasteiger partial charge in [0.05, 0.1) is 0 Å². The number of rotatable bonds is 6. The standard InChI is InChI=1S/C19H28N6/c1-3-4-5-15-6-8-16(9-7-15)23-18-17(20)19(22-14-21-18)25-12-10-24(2)11-13-25/h6-9,14H,3-5,10-13,20H2,1-2H3,(H,21,22,23). The van der Waals surface area contributed by atoms with Gasteiger partial charge in [0.1, 0.15) is 12.0 Å². The molecule has 1 aliphatic rings. The minimum atomic E-state index is 0.613. The van der Waals surface area contributed by atoms with E-state index in [1.54, 1.807) is 6.33 Å². The fourth-order valence-electron chi connectivity index (χ4n) is 3.03. The largest absolute Gasteiger partial charge is 0.393 e. The zero-order chi connectivity index (χ0) is 17.6. The molecule has 25 heavy (non-hydrogen) atoms. The normalized spacial score (nSPS) is 15.4. The van der Waals surface area contributed by atoms with Gasteiger partial charge in [-0.25, -0.2) is 9.97 Å². The van der Waals surface area contributed by atoms with Crippen LogP contribution in [-0.4, -0.2) is 48.1 Å². The first-order chi connectivity index (χ1) is 12.2. The molecule has 1 fully saturated rings. The summed E-state index contributed by atoms with van der Waals surface area (Å²) in [6, 6.07) is 8.50. The van der Waals surface area contributed by atoms with E-state index in [0.29, 0.717) is 11.5 Å². The van der Waals surface area contributed by atoms with Gasteiger partial charge in [0, 0.05) is 31.9 Å². The second-order valence-corrected chi connectivity index (χ2v) is 6.68. The van der Waals surface area contributed by atoms with Gasteiger partial charge in [-0.05, 0) is 37.6 Å². The van der Waals surface area contributed by atoms with E-state index in [1.165, 1.54) is 18.4 Å². The van der Waals surface area contributed by atoms with Gasteiger partial charge in [-0.1, -0.05) is 25.5 Å². The summed E-state index contributed by atoms with van der Waals surface area (Å²) < 4.78 is 0. The first kappa shape index (κ1) is 17.5. The summed E-state index contributed by atoms with van der Waals surface area (Å²) in [6.45, 7) is 6.12. The third-order valence-corrected chi connectivity index (χ3v) is 4.70. The summed E-state index contributed by atoms with van der Waals surface area (Å²) in [7, 11) is 2.14. The van der Waals surface area contributed by atoms with Crippen LogP contribution >= 0.6 is 0 Å². The smallest absolute Gasteiger partial charge is 0.159 e. The number of hydrogen-bond donors (Lipinski definition) is 2. The van der Waals surface area contributed by atoms with Crippen molar-refractivity contribution in [2.24, 2.45) is 0 Å². The Morgan fingerprint density at radius 1 is 1.08 bits per heavy atom. The molecule has 3 N–H and O–H groups in total. The molecule has 1 aromatic carbocycles. The topological polar surface area (TPSA) is 70.3 Å². The van der Waals surface area contributed by atoms with E-state index < -0.39 is 0 Å². The van der Waals surface area contributed by atoms with Crippen LogP contribution in [0.2, 0.25) is 0 Å². The molecule has 3 rings (SSSR count). The molecule has 1 saturated heterocycles. The van der Waals surface area contributed by atoms with Gasteiger partial charge in [-0.15, -0.1) is 0 Å². The molecule has 0 unspecified atom stereocenters. The van der Waals surface area contributed by atoms with Gasteiger partial charge >= 0.3 is 0 Å². The summed E-state index contributed by atoms with van der Waals surface area (Å²) in [5.74, 6) is 1.50. The van der Waals surface area contributed by atoms with Gasteiger partial charge in [0.15, 0.2) is 11.6 Å². The van der Waals surface area contributed by atoms with Crippen molar-refractivity contribution in [1.29, 1.82) is 0 Å². The zero-order valence-corrected chi connectivity index (χ0v) is 15.2. The van der Waals surface area contributed by atoms with E-state index in [2.05, 4.69) is 63.3 Å². The lowest BCUT2D eigenvalue weighted by molar-refractivity contribution is 0.312. The van der Waals surface area contributed by atoms with Crippen molar-refractivity contribution in [3.63, 3.8) is 0 Å². The average molecular weight is 340 g/mol. The average Bonchev–Trinajstić information content (AvgIpc) is 2.64. The molecular weight excluding hydrogens is 312 g/mol. The van der Waals surface area contributed by atoms with E-state index in [-0.39, 0.29) is 0 Å². The van der Waals surface area contributed by atoms with Crippen LogP contribution < -0.4 is 16.0 Å². The molecule has 0 atom stereocenters. The molecule has 0 spiro atoms. The van der Waals surface area contributed by atoms with Crippen molar-refractivity contribution in [2.75, 3.05) is 49.2 Å². The highest BCUT2D eigenvalue weighted by atomic mass is 15.3. The molecule has 0 saturated carbocycles. The SMILES string of the molecule is CCCCc1ccc(Nc2ncnc(N3CCN(C)CC3)c2N)cc1. The number of anilines is 4. The highest BCUT2D eigenvalue weighted by molar-refractivity contribution is 5.78. The van der Waals surface area contributed by atoms with Crippen LogP contribution in [0.4, 0.5) is 23.0 Å². The lowest BCUT2D eigenvalue weighted by Crippen LogP contribution is -2.45. The first-order valence-electron chi connectivity index (χ1n) is 9.07. The minimum Gasteiger partial charge on any atom is -0.393 e. The molecule has 1 aliphatic heterocycles. The number of benzene rings is 1. The number of aryl methyl sites for hydroxylation is 1. The Morgan fingerprint density at radius 3 is 2.48 bits per heavy atom. The van der Waals surface area contributed by atoms with E-state index in [1.807, 2.05) is 0 Å². The van der Waals surface area contributed by atoms with Crippen LogP contribution in [0.1, 0.15) is 25.3 Å². The Bertz CT molecular complexity index is 677. The van der Waals surface area contributed by atoms with Crippen LogP contribution in [0.15, 0.2) is 30.6 Å². The molecular formula is C19H28N6. The van der Waals surface area contributed by atoms with Crippen LogP contribution in [-0.2, 0) is 6.42 Å². The number of hydrogen-bond acceptors (Lipinski definition) is 6. The minimum absolute atomic E-state index is 0.613.